The van der Waals surface area contributed by atoms with Crippen LogP contribution in [0.3, 0.4) is 0 Å². The maximum absolute atomic E-state index is 11.9. The fraction of sp³-hybridized carbons (Fsp3) is 0.600. The van der Waals surface area contributed by atoms with Crippen molar-refractivity contribution in [3.05, 3.63) is 22.3 Å². The monoisotopic (exact) mass is 396 g/mol. The zero-order chi connectivity index (χ0) is 21.4. The Bertz CT molecular complexity index is 641. The van der Waals surface area contributed by atoms with E-state index in [4.69, 9.17) is 0 Å². The van der Waals surface area contributed by atoms with E-state index < -0.39 is 35.7 Å². The van der Waals surface area contributed by atoms with Crippen LogP contribution in [-0.2, 0) is 19.2 Å². The average molecular weight is 396 g/mol. The van der Waals surface area contributed by atoms with E-state index in [1.807, 2.05) is 13.8 Å². The Labute approximate surface area is 163 Å². The largest absolute Gasteiger partial charge is 0.478 e. The lowest BCUT2D eigenvalue weighted by Gasteiger charge is -2.28. The molecule has 28 heavy (non-hydrogen) atoms. The molecule has 0 fully saturated rings. The van der Waals surface area contributed by atoms with Crippen LogP contribution in [0.5, 0.6) is 0 Å². The summed E-state index contributed by atoms with van der Waals surface area (Å²) in [6.07, 6.45) is 2.50. The number of hydrogen-bond acceptors (Lipinski definition) is 4. The van der Waals surface area contributed by atoms with Gasteiger partial charge in [-0.1, -0.05) is 39.5 Å². The molecular formula is C20H28O8. The lowest BCUT2D eigenvalue weighted by Crippen LogP contribution is -2.28. The standard InChI is InChI=1S/C20H28O8/c1-3-5-7-11-9-13(17(21)22)16(20(27)28)12(8-6-4-2)10-14(18(23)24)15(11)19(25)26/h11-12H,3-10H2,1-2H3,(H,21,22)(H,23,24)(H,25,26)(H,27,28)/b15-14-,16-13-. The molecular weight excluding hydrogens is 368 g/mol. The van der Waals surface area contributed by atoms with Gasteiger partial charge in [0.25, 0.3) is 0 Å². The molecule has 0 aliphatic heterocycles. The Morgan fingerprint density at radius 1 is 0.679 bits per heavy atom. The van der Waals surface area contributed by atoms with Gasteiger partial charge in [-0.05, 0) is 37.5 Å². The molecule has 0 saturated carbocycles. The van der Waals surface area contributed by atoms with Crippen molar-refractivity contribution in [2.45, 2.75) is 65.2 Å². The Hall–Kier alpha value is -2.64. The first kappa shape index (κ1) is 23.4. The molecule has 4 N–H and O–H groups in total. The first-order chi connectivity index (χ1) is 13.1. The summed E-state index contributed by atoms with van der Waals surface area (Å²) in [5, 5.41) is 38.7. The van der Waals surface area contributed by atoms with E-state index in [1.54, 1.807) is 0 Å². The second kappa shape index (κ2) is 10.6. The van der Waals surface area contributed by atoms with Crippen LogP contribution in [0.1, 0.15) is 65.2 Å². The number of carboxylic acid groups (broad SMARTS) is 4. The summed E-state index contributed by atoms with van der Waals surface area (Å²) in [5.41, 5.74) is -1.24. The van der Waals surface area contributed by atoms with E-state index in [2.05, 4.69) is 0 Å². The quantitative estimate of drug-likeness (QED) is 0.439. The zero-order valence-corrected chi connectivity index (χ0v) is 16.2. The molecule has 0 aromatic rings. The van der Waals surface area contributed by atoms with Crippen LogP contribution in [0, 0.1) is 11.8 Å². The molecule has 0 amide bonds. The minimum Gasteiger partial charge on any atom is -0.478 e. The van der Waals surface area contributed by atoms with Crippen LogP contribution in [0.15, 0.2) is 22.3 Å². The molecule has 0 aromatic carbocycles. The van der Waals surface area contributed by atoms with Gasteiger partial charge in [0.15, 0.2) is 0 Å². The molecule has 2 atom stereocenters. The third-order valence-electron chi connectivity index (χ3n) is 5.16. The highest BCUT2D eigenvalue weighted by atomic mass is 16.4. The van der Waals surface area contributed by atoms with Gasteiger partial charge in [0, 0.05) is 11.1 Å². The van der Waals surface area contributed by atoms with Crippen LogP contribution in [0.25, 0.3) is 0 Å². The first-order valence-corrected chi connectivity index (χ1v) is 9.54. The van der Waals surface area contributed by atoms with Gasteiger partial charge < -0.3 is 20.4 Å². The van der Waals surface area contributed by atoms with Crippen molar-refractivity contribution < 1.29 is 39.6 Å². The predicted octanol–water partition coefficient (Wildman–Crippen LogP) is 3.32. The molecule has 1 aliphatic rings. The Morgan fingerprint density at radius 3 is 1.21 bits per heavy atom. The third-order valence-corrected chi connectivity index (χ3v) is 5.16. The van der Waals surface area contributed by atoms with Crippen LogP contribution in [-0.4, -0.2) is 44.3 Å². The summed E-state index contributed by atoms with van der Waals surface area (Å²) < 4.78 is 0. The predicted molar refractivity (Wildman–Crippen MR) is 99.9 cm³/mol. The van der Waals surface area contributed by atoms with Gasteiger partial charge in [0.2, 0.25) is 0 Å². The number of carbonyl (C=O) groups is 4. The van der Waals surface area contributed by atoms with Crippen LogP contribution >= 0.6 is 0 Å². The lowest BCUT2D eigenvalue weighted by atomic mass is 9.74. The second-order valence-corrected chi connectivity index (χ2v) is 7.09. The molecule has 1 rings (SSSR count). The van der Waals surface area contributed by atoms with Gasteiger partial charge in [-0.3, -0.25) is 0 Å². The number of rotatable bonds is 10. The maximum Gasteiger partial charge on any atom is 0.332 e. The number of hydrogen-bond donors (Lipinski definition) is 4. The topological polar surface area (TPSA) is 149 Å². The lowest BCUT2D eigenvalue weighted by molar-refractivity contribution is -0.138. The average Bonchev–Trinajstić information content (AvgIpc) is 2.58. The number of carboxylic acids is 4. The van der Waals surface area contributed by atoms with Gasteiger partial charge in [-0.2, -0.15) is 0 Å². The molecule has 1 aliphatic carbocycles. The Kier molecular flexibility index (Phi) is 8.88. The molecule has 0 aromatic heterocycles. The van der Waals surface area contributed by atoms with Crippen LogP contribution in [0.2, 0.25) is 0 Å². The van der Waals surface area contributed by atoms with E-state index in [1.165, 1.54) is 0 Å². The molecule has 2 unspecified atom stereocenters. The molecule has 0 radical (unpaired) electrons. The van der Waals surface area contributed by atoms with Crippen molar-refractivity contribution in [2.75, 3.05) is 0 Å². The van der Waals surface area contributed by atoms with E-state index >= 15 is 0 Å². The summed E-state index contributed by atoms with van der Waals surface area (Å²) in [4.78, 5) is 47.6. The molecule has 156 valence electrons. The number of unbranched alkanes of at least 4 members (excludes halogenated alkanes) is 2. The van der Waals surface area contributed by atoms with Gasteiger partial charge in [0.05, 0.1) is 11.1 Å². The van der Waals surface area contributed by atoms with Crippen LogP contribution < -0.4 is 0 Å². The smallest absolute Gasteiger partial charge is 0.332 e. The normalized spacial score (nSPS) is 25.6. The van der Waals surface area contributed by atoms with Gasteiger partial charge >= 0.3 is 23.9 Å². The van der Waals surface area contributed by atoms with Crippen molar-refractivity contribution in [3.63, 3.8) is 0 Å². The minimum atomic E-state index is -1.40. The first-order valence-electron chi connectivity index (χ1n) is 9.54. The van der Waals surface area contributed by atoms with Crippen LogP contribution in [0.4, 0.5) is 0 Å². The highest BCUT2D eigenvalue weighted by Crippen LogP contribution is 2.39. The maximum atomic E-state index is 11.9. The molecule has 8 nitrogen and oxygen atoms in total. The summed E-state index contributed by atoms with van der Waals surface area (Å²) >= 11 is 0. The SMILES string of the molecule is CCCCC1C/C(C(=O)O)=C(/C(=O)O)C(CCCC)C/C(C(=O)O)=C\1C(=O)O. The van der Waals surface area contributed by atoms with Crippen molar-refractivity contribution in [1.82, 2.24) is 0 Å². The van der Waals surface area contributed by atoms with E-state index in [9.17, 15) is 39.6 Å². The zero-order valence-electron chi connectivity index (χ0n) is 16.2. The van der Waals surface area contributed by atoms with Gasteiger partial charge in [-0.25, -0.2) is 19.2 Å². The highest BCUT2D eigenvalue weighted by Gasteiger charge is 2.38. The molecule has 0 heterocycles. The van der Waals surface area contributed by atoms with E-state index in [0.29, 0.717) is 25.7 Å². The van der Waals surface area contributed by atoms with Crippen molar-refractivity contribution in [2.24, 2.45) is 11.8 Å². The van der Waals surface area contributed by atoms with E-state index in [0.717, 1.165) is 0 Å². The highest BCUT2D eigenvalue weighted by molar-refractivity contribution is 6.02. The summed E-state index contributed by atoms with van der Waals surface area (Å²) in [7, 11) is 0. The van der Waals surface area contributed by atoms with Crippen molar-refractivity contribution in [1.29, 1.82) is 0 Å². The molecule has 0 saturated heterocycles. The minimum absolute atomic E-state index is 0.276. The summed E-state index contributed by atoms with van der Waals surface area (Å²) in [6, 6.07) is 0. The molecule has 8 heteroatoms. The van der Waals surface area contributed by atoms with Crippen molar-refractivity contribution >= 4 is 23.9 Å². The fourth-order valence-electron chi connectivity index (χ4n) is 3.82. The number of aliphatic carboxylic acids is 4. The van der Waals surface area contributed by atoms with Gasteiger partial charge in [0.1, 0.15) is 0 Å². The fourth-order valence-corrected chi connectivity index (χ4v) is 3.82. The molecule has 0 spiro atoms. The Balaban J connectivity index is 3.71. The third kappa shape index (κ3) is 5.68. The van der Waals surface area contributed by atoms with Gasteiger partial charge in [-0.15, -0.1) is 0 Å². The summed E-state index contributed by atoms with van der Waals surface area (Å²) in [6.45, 7) is 3.76. The van der Waals surface area contributed by atoms with Crippen molar-refractivity contribution in [3.8, 4) is 0 Å². The molecule has 0 bridgehead atoms. The second-order valence-electron chi connectivity index (χ2n) is 7.09. The summed E-state index contributed by atoms with van der Waals surface area (Å²) in [5.74, 6) is -7.31. The Morgan fingerprint density at radius 2 is 1.00 bits per heavy atom. The van der Waals surface area contributed by atoms with E-state index in [-0.39, 0.29) is 48.0 Å².